The molecule has 0 bridgehead atoms. The van der Waals surface area contributed by atoms with E-state index >= 15 is 0 Å². The second kappa shape index (κ2) is 6.51. The van der Waals surface area contributed by atoms with Crippen LogP contribution in [0.15, 0.2) is 0 Å². The lowest BCUT2D eigenvalue weighted by molar-refractivity contribution is -0.123. The summed E-state index contributed by atoms with van der Waals surface area (Å²) in [6, 6.07) is 0.403. The van der Waals surface area contributed by atoms with Crippen molar-refractivity contribution in [3.63, 3.8) is 0 Å². The third-order valence-electron chi connectivity index (χ3n) is 5.80. The normalized spacial score (nSPS) is 35.5. The Morgan fingerprint density at radius 1 is 1.18 bits per heavy atom. The van der Waals surface area contributed by atoms with Gasteiger partial charge in [-0.3, -0.25) is 4.79 Å². The topological polar surface area (TPSA) is 32.3 Å². The van der Waals surface area contributed by atoms with Crippen molar-refractivity contribution in [2.45, 2.75) is 71.8 Å². The maximum absolute atomic E-state index is 12.4. The first kappa shape index (κ1) is 16.3. The van der Waals surface area contributed by atoms with Gasteiger partial charge < -0.3 is 10.2 Å². The van der Waals surface area contributed by atoms with E-state index in [0.717, 1.165) is 31.2 Å². The van der Waals surface area contributed by atoms with Crippen LogP contribution in [0.2, 0.25) is 0 Å². The van der Waals surface area contributed by atoms with Gasteiger partial charge in [0.1, 0.15) is 0 Å². The number of carbonyl (C=O) groups is 1. The summed E-state index contributed by atoms with van der Waals surface area (Å²) >= 11 is 0. The van der Waals surface area contributed by atoms with Gasteiger partial charge >= 0.3 is 0 Å². The Morgan fingerprint density at radius 3 is 2.64 bits per heavy atom. The summed E-state index contributed by atoms with van der Waals surface area (Å²) in [5.41, 5.74) is 0.414. The van der Waals surface area contributed by atoms with Crippen LogP contribution in [0.3, 0.4) is 0 Å². The van der Waals surface area contributed by atoms with E-state index in [-0.39, 0.29) is 0 Å². The first-order chi connectivity index (χ1) is 10.4. The molecule has 3 aliphatic rings. The first-order valence-corrected chi connectivity index (χ1v) is 9.41. The number of nitrogens with one attached hydrogen (secondary N) is 1. The second-order valence-corrected chi connectivity index (χ2v) is 9.24. The van der Waals surface area contributed by atoms with Crippen LogP contribution in [0, 0.1) is 23.2 Å². The van der Waals surface area contributed by atoms with E-state index in [2.05, 4.69) is 31.0 Å². The lowest BCUT2D eigenvalue weighted by Crippen LogP contribution is -2.39. The minimum atomic E-state index is 0.299. The third kappa shape index (κ3) is 4.71. The Morgan fingerprint density at radius 2 is 1.95 bits per heavy atom. The van der Waals surface area contributed by atoms with Crippen LogP contribution in [0.25, 0.3) is 0 Å². The van der Waals surface area contributed by atoms with Crippen molar-refractivity contribution < 1.29 is 4.79 Å². The first-order valence-electron chi connectivity index (χ1n) is 9.41. The highest BCUT2D eigenvalue weighted by molar-refractivity contribution is 5.76. The van der Waals surface area contributed by atoms with E-state index in [9.17, 15) is 4.79 Å². The Balaban J connectivity index is 1.40. The molecule has 0 aromatic heterocycles. The van der Waals surface area contributed by atoms with Crippen molar-refractivity contribution in [1.29, 1.82) is 0 Å². The van der Waals surface area contributed by atoms with Crippen LogP contribution in [-0.4, -0.2) is 36.5 Å². The average molecular weight is 306 g/mol. The van der Waals surface area contributed by atoms with E-state index in [1.54, 1.807) is 0 Å². The molecule has 1 saturated heterocycles. The van der Waals surface area contributed by atoms with Crippen molar-refractivity contribution in [3.05, 3.63) is 0 Å². The molecule has 1 N–H and O–H groups in total. The van der Waals surface area contributed by atoms with Gasteiger partial charge in [0.2, 0.25) is 5.91 Å². The molecule has 3 fully saturated rings. The Labute approximate surface area is 136 Å². The van der Waals surface area contributed by atoms with Crippen LogP contribution < -0.4 is 5.32 Å². The van der Waals surface area contributed by atoms with Gasteiger partial charge in [-0.15, -0.1) is 0 Å². The molecular formula is C19H34N2O. The van der Waals surface area contributed by atoms with Crippen molar-refractivity contribution in [2.75, 3.05) is 19.6 Å². The molecule has 3 heteroatoms. The lowest BCUT2D eigenvalue weighted by Gasteiger charge is -2.38. The van der Waals surface area contributed by atoms with Crippen LogP contribution in [0.1, 0.15) is 65.7 Å². The highest BCUT2D eigenvalue weighted by atomic mass is 16.1. The van der Waals surface area contributed by atoms with Gasteiger partial charge in [-0.1, -0.05) is 20.8 Å². The molecule has 22 heavy (non-hydrogen) atoms. The van der Waals surface area contributed by atoms with Gasteiger partial charge in [-0.2, -0.15) is 0 Å². The molecule has 0 radical (unpaired) electrons. The molecule has 1 heterocycles. The molecule has 3 rings (SSSR count). The molecule has 0 aromatic rings. The summed E-state index contributed by atoms with van der Waals surface area (Å²) in [4.78, 5) is 14.9. The van der Waals surface area contributed by atoms with E-state index in [1.807, 2.05) is 0 Å². The number of hydrogen-bond donors (Lipinski definition) is 1. The van der Waals surface area contributed by atoms with Gasteiger partial charge in [-0.05, 0) is 61.7 Å². The molecule has 2 saturated carbocycles. The summed E-state index contributed by atoms with van der Waals surface area (Å²) in [5, 5.41) is 3.31. The van der Waals surface area contributed by atoms with Crippen molar-refractivity contribution in [1.82, 2.24) is 10.2 Å². The molecule has 3 atom stereocenters. The number of hydrogen-bond acceptors (Lipinski definition) is 2. The standard InChI is InChI=1S/C19H34N2O/c1-14-8-16(11-19(2,3)10-14)9-18(22)20-17-6-7-21(13-17)12-15-4-5-15/h14-17H,4-13H2,1-3H3,(H,20,22)/t14-,16-,17+/m0/s1. The summed E-state index contributed by atoms with van der Waals surface area (Å²) < 4.78 is 0. The zero-order valence-electron chi connectivity index (χ0n) is 14.7. The summed E-state index contributed by atoms with van der Waals surface area (Å²) in [6.45, 7) is 10.6. The average Bonchev–Trinajstić information content (AvgIpc) is 3.06. The lowest BCUT2D eigenvalue weighted by atomic mass is 9.67. The van der Waals surface area contributed by atoms with Gasteiger partial charge in [-0.25, -0.2) is 0 Å². The number of amides is 1. The maximum Gasteiger partial charge on any atom is 0.220 e. The van der Waals surface area contributed by atoms with Gasteiger partial charge in [0.25, 0.3) is 0 Å². The largest absolute Gasteiger partial charge is 0.352 e. The van der Waals surface area contributed by atoms with E-state index in [0.29, 0.717) is 23.3 Å². The van der Waals surface area contributed by atoms with Crippen molar-refractivity contribution >= 4 is 5.91 Å². The summed E-state index contributed by atoms with van der Waals surface area (Å²) in [6.07, 6.45) is 8.48. The number of rotatable bonds is 5. The Hall–Kier alpha value is -0.570. The van der Waals surface area contributed by atoms with Crippen LogP contribution >= 0.6 is 0 Å². The monoisotopic (exact) mass is 306 g/mol. The van der Waals surface area contributed by atoms with E-state index in [4.69, 9.17) is 0 Å². The number of nitrogens with zero attached hydrogens (tertiary/aromatic N) is 1. The maximum atomic E-state index is 12.4. The molecular weight excluding hydrogens is 272 g/mol. The second-order valence-electron chi connectivity index (χ2n) is 9.24. The minimum Gasteiger partial charge on any atom is -0.352 e. The van der Waals surface area contributed by atoms with Crippen molar-refractivity contribution in [3.8, 4) is 0 Å². The molecule has 0 aromatic carbocycles. The number of carbonyl (C=O) groups excluding carboxylic acids is 1. The third-order valence-corrected chi connectivity index (χ3v) is 5.80. The van der Waals surface area contributed by atoms with Gasteiger partial charge in [0, 0.05) is 32.1 Å². The smallest absolute Gasteiger partial charge is 0.220 e. The summed E-state index contributed by atoms with van der Waals surface area (Å²) in [5.74, 6) is 2.61. The molecule has 0 unspecified atom stereocenters. The van der Waals surface area contributed by atoms with Crippen LogP contribution in [-0.2, 0) is 4.79 Å². The van der Waals surface area contributed by atoms with Crippen LogP contribution in [0.5, 0.6) is 0 Å². The zero-order chi connectivity index (χ0) is 15.7. The fourth-order valence-electron chi connectivity index (χ4n) is 5.03. The minimum absolute atomic E-state index is 0.299. The fraction of sp³-hybridized carbons (Fsp3) is 0.947. The van der Waals surface area contributed by atoms with Crippen molar-refractivity contribution in [2.24, 2.45) is 23.2 Å². The molecule has 126 valence electrons. The fourth-order valence-corrected chi connectivity index (χ4v) is 5.03. The predicted octanol–water partition coefficient (Wildman–Crippen LogP) is 3.44. The van der Waals surface area contributed by atoms with Gasteiger partial charge in [0.05, 0.1) is 0 Å². The molecule has 0 spiro atoms. The molecule has 2 aliphatic carbocycles. The number of likely N-dealkylation sites (tertiary alicyclic amines) is 1. The predicted molar refractivity (Wildman–Crippen MR) is 90.6 cm³/mol. The van der Waals surface area contributed by atoms with E-state index < -0.39 is 0 Å². The van der Waals surface area contributed by atoms with E-state index in [1.165, 1.54) is 45.2 Å². The molecule has 3 nitrogen and oxygen atoms in total. The van der Waals surface area contributed by atoms with Crippen LogP contribution in [0.4, 0.5) is 0 Å². The summed E-state index contributed by atoms with van der Waals surface area (Å²) in [7, 11) is 0. The highest BCUT2D eigenvalue weighted by Gasteiger charge is 2.34. The quantitative estimate of drug-likeness (QED) is 0.844. The van der Waals surface area contributed by atoms with Gasteiger partial charge in [0.15, 0.2) is 0 Å². The highest BCUT2D eigenvalue weighted by Crippen LogP contribution is 2.42. The Kier molecular flexibility index (Phi) is 4.82. The SMILES string of the molecule is C[C@H]1C[C@@H](CC(=O)N[C@@H]2CCN(CC3CC3)C2)CC(C)(C)C1. The molecule has 1 aliphatic heterocycles. The zero-order valence-corrected chi connectivity index (χ0v) is 14.7. The Bertz CT molecular complexity index is 402. The molecule has 1 amide bonds.